The number of nitrogens with one attached hydrogen (secondary N) is 1. The van der Waals surface area contributed by atoms with E-state index in [2.05, 4.69) is 16.2 Å². The fourth-order valence-corrected chi connectivity index (χ4v) is 1.35. The van der Waals surface area contributed by atoms with Gasteiger partial charge in [-0.3, -0.25) is 0 Å². The Kier molecular flexibility index (Phi) is 4.96. The molecule has 5 nitrogen and oxygen atoms in total. The zero-order valence-corrected chi connectivity index (χ0v) is 12.0. The van der Waals surface area contributed by atoms with Crippen LogP contribution in [-0.4, -0.2) is 22.5 Å². The van der Waals surface area contributed by atoms with Gasteiger partial charge in [-0.05, 0) is 12.4 Å². The molecular formula is C11H9N2O3Y-. The van der Waals surface area contributed by atoms with Crippen LogP contribution >= 0.6 is 0 Å². The van der Waals surface area contributed by atoms with E-state index in [1.54, 1.807) is 19.1 Å². The first kappa shape index (κ1) is 14.0. The van der Waals surface area contributed by atoms with Crippen LogP contribution in [0.3, 0.4) is 0 Å². The molecule has 0 aliphatic rings. The second-order valence-electron chi connectivity index (χ2n) is 3.09. The minimum atomic E-state index is -0.642. The minimum Gasteiger partial charge on any atom is -0.462 e. The van der Waals surface area contributed by atoms with Crippen molar-refractivity contribution in [2.45, 2.75) is 6.92 Å². The largest absolute Gasteiger partial charge is 0.462 e. The van der Waals surface area contributed by atoms with Crippen molar-refractivity contribution in [1.82, 2.24) is 9.97 Å². The number of H-pyrrole nitrogens is 1. The number of fused-ring (bicyclic) bond motifs is 1. The summed E-state index contributed by atoms with van der Waals surface area (Å²) in [5, 5.41) is 0. The molecule has 85 valence electrons. The van der Waals surface area contributed by atoms with Crippen molar-refractivity contribution in [3.05, 3.63) is 40.3 Å². The molecule has 0 atom stereocenters. The number of aromatic nitrogens is 2. The zero-order chi connectivity index (χ0) is 11.5. The Morgan fingerprint density at radius 1 is 1.59 bits per heavy atom. The Morgan fingerprint density at radius 2 is 2.35 bits per heavy atom. The third-order valence-corrected chi connectivity index (χ3v) is 2.08. The molecule has 0 bridgehead atoms. The van der Waals surface area contributed by atoms with Crippen molar-refractivity contribution in [2.75, 3.05) is 6.61 Å². The van der Waals surface area contributed by atoms with Crippen molar-refractivity contribution < 1.29 is 42.2 Å². The molecule has 0 aliphatic heterocycles. The summed E-state index contributed by atoms with van der Waals surface area (Å²) in [4.78, 5) is 29.9. The van der Waals surface area contributed by atoms with Crippen molar-refractivity contribution in [2.24, 2.45) is 0 Å². The molecule has 2 aromatic heterocycles. The molecule has 1 radical (unpaired) electrons. The van der Waals surface area contributed by atoms with Crippen LogP contribution in [0.25, 0.3) is 11.0 Å². The number of hydrogen-bond donors (Lipinski definition) is 1. The Balaban J connectivity index is 0.00000144. The standard InChI is InChI=1S/C11H9N2O3.Y/c1-2-16-11(15)7-6-13-8-4-3-5-12-9(8)10(7)14;/h3-4,6H,2H2,1H3,(H,13,14);/q-1;. The summed E-state index contributed by atoms with van der Waals surface area (Å²) in [6.45, 7) is 1.91. The van der Waals surface area contributed by atoms with Gasteiger partial charge in [-0.1, -0.05) is 6.20 Å². The summed E-state index contributed by atoms with van der Waals surface area (Å²) in [5.41, 5.74) is 0.273. The second-order valence-corrected chi connectivity index (χ2v) is 3.09. The molecule has 0 spiro atoms. The van der Waals surface area contributed by atoms with Crippen molar-refractivity contribution >= 4 is 17.0 Å². The third-order valence-electron chi connectivity index (χ3n) is 2.08. The van der Waals surface area contributed by atoms with E-state index in [1.807, 2.05) is 0 Å². The van der Waals surface area contributed by atoms with Crippen molar-refractivity contribution in [1.29, 1.82) is 0 Å². The molecule has 2 heterocycles. The molecule has 0 aromatic carbocycles. The number of rotatable bonds is 2. The Morgan fingerprint density at radius 3 is 3.06 bits per heavy atom. The van der Waals surface area contributed by atoms with Gasteiger partial charge in [0.05, 0.1) is 6.61 Å². The van der Waals surface area contributed by atoms with Crippen LogP contribution in [-0.2, 0) is 37.4 Å². The number of ether oxygens (including phenoxy) is 1. The summed E-state index contributed by atoms with van der Waals surface area (Å²) in [6.07, 6.45) is 3.89. The van der Waals surface area contributed by atoms with E-state index in [1.165, 1.54) is 6.20 Å². The van der Waals surface area contributed by atoms with E-state index in [0.29, 0.717) is 5.52 Å². The first-order chi connectivity index (χ1) is 7.74. The number of esters is 1. The number of aromatic amines is 1. The van der Waals surface area contributed by atoms with Gasteiger partial charge >= 0.3 is 5.97 Å². The van der Waals surface area contributed by atoms with E-state index in [0.717, 1.165) is 0 Å². The second kappa shape index (κ2) is 6.03. The van der Waals surface area contributed by atoms with Gasteiger partial charge in [0.1, 0.15) is 5.56 Å². The molecule has 0 unspecified atom stereocenters. The van der Waals surface area contributed by atoms with Crippen LogP contribution in [0.5, 0.6) is 0 Å². The number of pyridine rings is 2. The Hall–Kier alpha value is -1.07. The van der Waals surface area contributed by atoms with E-state index in [9.17, 15) is 9.59 Å². The quantitative estimate of drug-likeness (QED) is 0.661. The predicted molar refractivity (Wildman–Crippen MR) is 57.2 cm³/mol. The van der Waals surface area contributed by atoms with Crippen molar-refractivity contribution in [3.8, 4) is 0 Å². The van der Waals surface area contributed by atoms with E-state index in [-0.39, 0.29) is 50.4 Å². The average molecular weight is 306 g/mol. The number of carbonyl (C=O) groups is 1. The van der Waals surface area contributed by atoms with Crippen LogP contribution in [0.2, 0.25) is 0 Å². The summed E-state index contributed by atoms with van der Waals surface area (Å²) in [6, 6.07) is 3.25. The maximum atomic E-state index is 11.8. The van der Waals surface area contributed by atoms with Gasteiger partial charge in [-0.25, -0.2) is 4.79 Å². The third kappa shape index (κ3) is 2.79. The van der Waals surface area contributed by atoms with Crippen molar-refractivity contribution in [3.63, 3.8) is 0 Å². The van der Waals surface area contributed by atoms with Gasteiger partial charge in [0, 0.05) is 44.4 Å². The maximum absolute atomic E-state index is 11.8. The molecule has 17 heavy (non-hydrogen) atoms. The van der Waals surface area contributed by atoms with Crippen LogP contribution in [0, 0.1) is 6.20 Å². The SMILES string of the molecule is CCOC(=O)c1c[nH]c2cc[c-]nc2c1=O.[Y]. The molecule has 6 heteroatoms. The molecule has 0 aliphatic carbocycles. The Labute approximate surface area is 122 Å². The monoisotopic (exact) mass is 306 g/mol. The number of carbonyl (C=O) groups excluding carboxylic acids is 1. The van der Waals surface area contributed by atoms with Gasteiger partial charge in [-0.15, -0.1) is 6.07 Å². The normalized spacial score (nSPS) is 9.71. The fraction of sp³-hybridized carbons (Fsp3) is 0.182. The smallest absolute Gasteiger partial charge is 0.342 e. The first-order valence-electron chi connectivity index (χ1n) is 4.79. The summed E-state index contributed by atoms with van der Waals surface area (Å²) >= 11 is 0. The molecule has 2 rings (SSSR count). The van der Waals surface area contributed by atoms with Gasteiger partial charge in [0.2, 0.25) is 0 Å². The van der Waals surface area contributed by atoms with Gasteiger partial charge in [0.25, 0.3) is 0 Å². The molecule has 0 fully saturated rings. The minimum absolute atomic E-state index is 0. The Bertz CT molecular complexity index is 595. The summed E-state index contributed by atoms with van der Waals surface area (Å²) in [5.74, 6) is -0.642. The molecular weight excluding hydrogens is 297 g/mol. The average Bonchev–Trinajstić information content (AvgIpc) is 2.30. The van der Waals surface area contributed by atoms with Crippen LogP contribution < -0.4 is 5.43 Å². The van der Waals surface area contributed by atoms with Crippen LogP contribution in [0.15, 0.2) is 23.1 Å². The van der Waals surface area contributed by atoms with Crippen LogP contribution in [0.1, 0.15) is 17.3 Å². The maximum Gasteiger partial charge on any atom is 0.342 e. The summed E-state index contributed by atoms with van der Waals surface area (Å²) in [7, 11) is 0. The topological polar surface area (TPSA) is 72.1 Å². The van der Waals surface area contributed by atoms with Crippen LogP contribution in [0.4, 0.5) is 0 Å². The molecule has 1 N–H and O–H groups in total. The number of hydrogen-bond acceptors (Lipinski definition) is 4. The van der Waals surface area contributed by atoms with Gasteiger partial charge in [-0.2, -0.15) is 6.07 Å². The van der Waals surface area contributed by atoms with E-state index >= 15 is 0 Å². The molecule has 2 aromatic rings. The number of nitrogens with zero attached hydrogens (tertiary/aromatic N) is 1. The van der Waals surface area contributed by atoms with E-state index < -0.39 is 11.4 Å². The fourth-order valence-electron chi connectivity index (χ4n) is 1.35. The molecule has 0 amide bonds. The summed E-state index contributed by atoms with van der Waals surface area (Å²) < 4.78 is 4.76. The van der Waals surface area contributed by atoms with Gasteiger partial charge < -0.3 is 19.5 Å². The zero-order valence-electron chi connectivity index (χ0n) is 9.19. The molecule has 0 saturated heterocycles. The van der Waals surface area contributed by atoms with E-state index in [4.69, 9.17) is 4.74 Å². The molecule has 0 saturated carbocycles. The predicted octanol–water partition coefficient (Wildman–Crippen LogP) is 0.897. The van der Waals surface area contributed by atoms with Gasteiger partial charge in [0.15, 0.2) is 5.43 Å². The first-order valence-corrected chi connectivity index (χ1v) is 4.79.